The molecule has 1 N–H and O–H groups in total. The predicted molar refractivity (Wildman–Crippen MR) is 81.2 cm³/mol. The van der Waals surface area contributed by atoms with Crippen molar-refractivity contribution in [1.29, 1.82) is 0 Å². The van der Waals surface area contributed by atoms with Crippen molar-refractivity contribution in [3.05, 3.63) is 0 Å². The van der Waals surface area contributed by atoms with Gasteiger partial charge in [-0.15, -0.1) is 0 Å². The highest BCUT2D eigenvalue weighted by atomic mass is 32.2. The van der Waals surface area contributed by atoms with Crippen LogP contribution in [0.1, 0.15) is 33.1 Å². The number of amides is 1. The van der Waals surface area contributed by atoms with Gasteiger partial charge >= 0.3 is 0 Å². The van der Waals surface area contributed by atoms with Crippen LogP contribution in [0.25, 0.3) is 0 Å². The molecular weight excluding hydrogens is 264 g/mol. The number of hydrogen-bond donors (Lipinski definition) is 1. The van der Waals surface area contributed by atoms with E-state index in [0.29, 0.717) is 11.2 Å². The largest absolute Gasteiger partial charge is 0.325 e. The summed E-state index contributed by atoms with van der Waals surface area (Å²) in [7, 11) is 0. The fraction of sp³-hybridized carbons (Fsp3) is 0.923. The summed E-state index contributed by atoms with van der Waals surface area (Å²) < 4.78 is 0. The Morgan fingerprint density at radius 1 is 1.44 bits per heavy atom. The van der Waals surface area contributed by atoms with Crippen LogP contribution in [0, 0.1) is 0 Å². The molecule has 0 saturated carbocycles. The Labute approximate surface area is 119 Å². The second-order valence-electron chi connectivity index (χ2n) is 5.10. The molecule has 0 aromatic rings. The summed E-state index contributed by atoms with van der Waals surface area (Å²) in [5, 5.41) is 4.07. The van der Waals surface area contributed by atoms with Crippen LogP contribution in [0.5, 0.6) is 0 Å². The minimum absolute atomic E-state index is 0.0705. The average molecular weight is 288 g/mol. The van der Waals surface area contributed by atoms with Crippen molar-refractivity contribution in [3.8, 4) is 0 Å². The normalized spacial score (nSPS) is 33.1. The molecule has 0 radical (unpaired) electrons. The van der Waals surface area contributed by atoms with Crippen LogP contribution in [0.4, 0.5) is 0 Å². The maximum Gasteiger partial charge on any atom is 0.241 e. The third kappa shape index (κ3) is 3.58. The van der Waals surface area contributed by atoms with Gasteiger partial charge in [0, 0.05) is 29.1 Å². The third-order valence-corrected chi connectivity index (χ3v) is 6.45. The Kier molecular flexibility index (Phi) is 5.70. The van der Waals surface area contributed by atoms with Gasteiger partial charge in [-0.1, -0.05) is 19.8 Å². The predicted octanol–water partition coefficient (Wildman–Crippen LogP) is 2.17. The summed E-state index contributed by atoms with van der Waals surface area (Å²) in [4.78, 5) is 14.4. The number of unbranched alkanes of at least 4 members (excludes halogenated alkanes) is 1. The molecule has 2 aliphatic heterocycles. The second kappa shape index (κ2) is 7.06. The molecule has 5 heteroatoms. The topological polar surface area (TPSA) is 32.3 Å². The molecule has 18 heavy (non-hydrogen) atoms. The average Bonchev–Trinajstić information content (AvgIpc) is 2.65. The molecule has 104 valence electrons. The zero-order valence-electron chi connectivity index (χ0n) is 11.4. The van der Waals surface area contributed by atoms with Crippen LogP contribution in [-0.2, 0) is 4.79 Å². The Bertz CT molecular complexity index is 282. The van der Waals surface area contributed by atoms with Gasteiger partial charge in [-0.05, 0) is 13.3 Å². The molecule has 3 unspecified atom stereocenters. The first-order valence-electron chi connectivity index (χ1n) is 6.98. The van der Waals surface area contributed by atoms with Crippen molar-refractivity contribution in [1.82, 2.24) is 10.2 Å². The molecule has 2 fully saturated rings. The van der Waals surface area contributed by atoms with Crippen molar-refractivity contribution in [2.45, 2.75) is 50.6 Å². The zero-order chi connectivity index (χ0) is 13.0. The van der Waals surface area contributed by atoms with Gasteiger partial charge in [0.2, 0.25) is 5.91 Å². The number of carbonyl (C=O) groups is 1. The Hall–Kier alpha value is 0.130. The van der Waals surface area contributed by atoms with E-state index in [1.165, 1.54) is 17.3 Å². The smallest absolute Gasteiger partial charge is 0.241 e. The van der Waals surface area contributed by atoms with E-state index in [1.54, 1.807) is 0 Å². The molecule has 3 nitrogen and oxygen atoms in total. The lowest BCUT2D eigenvalue weighted by Gasteiger charge is -2.28. The van der Waals surface area contributed by atoms with Gasteiger partial charge in [0.25, 0.3) is 0 Å². The molecular formula is C13H24N2OS2. The fourth-order valence-electron chi connectivity index (χ4n) is 2.57. The molecule has 2 aliphatic rings. The molecule has 0 aliphatic carbocycles. The second-order valence-corrected chi connectivity index (χ2v) is 7.65. The van der Waals surface area contributed by atoms with Crippen molar-refractivity contribution >= 4 is 29.4 Å². The highest BCUT2D eigenvalue weighted by Crippen LogP contribution is 2.26. The molecule has 0 bridgehead atoms. The van der Waals surface area contributed by atoms with E-state index in [9.17, 15) is 4.79 Å². The molecule has 0 aromatic heterocycles. The maximum absolute atomic E-state index is 12.3. The van der Waals surface area contributed by atoms with Crippen LogP contribution in [0.2, 0.25) is 0 Å². The number of nitrogens with zero attached hydrogens (tertiary/aromatic N) is 1. The molecule has 0 aromatic carbocycles. The summed E-state index contributed by atoms with van der Waals surface area (Å²) in [6.07, 6.45) is 3.50. The van der Waals surface area contributed by atoms with Gasteiger partial charge in [0.05, 0.1) is 12.2 Å². The van der Waals surface area contributed by atoms with Crippen LogP contribution in [0.3, 0.4) is 0 Å². The molecule has 2 saturated heterocycles. The zero-order valence-corrected chi connectivity index (χ0v) is 13.0. The van der Waals surface area contributed by atoms with Crippen molar-refractivity contribution < 1.29 is 4.79 Å². The highest BCUT2D eigenvalue weighted by Gasteiger charge is 2.37. The van der Waals surface area contributed by atoms with Gasteiger partial charge in [-0.2, -0.15) is 23.5 Å². The van der Waals surface area contributed by atoms with Crippen LogP contribution in [0.15, 0.2) is 0 Å². The highest BCUT2D eigenvalue weighted by molar-refractivity contribution is 8.06. The van der Waals surface area contributed by atoms with Crippen LogP contribution < -0.4 is 5.32 Å². The first-order valence-corrected chi connectivity index (χ1v) is 9.18. The monoisotopic (exact) mass is 288 g/mol. The molecule has 3 atom stereocenters. The van der Waals surface area contributed by atoms with Gasteiger partial charge < -0.3 is 4.90 Å². The summed E-state index contributed by atoms with van der Waals surface area (Å²) in [6, 6.07) is 0.0705. The molecule has 0 spiro atoms. The quantitative estimate of drug-likeness (QED) is 0.840. The van der Waals surface area contributed by atoms with E-state index < -0.39 is 0 Å². The molecule has 2 heterocycles. The van der Waals surface area contributed by atoms with Crippen molar-refractivity contribution in [2.24, 2.45) is 0 Å². The van der Waals surface area contributed by atoms with Crippen molar-refractivity contribution in [3.63, 3.8) is 0 Å². The van der Waals surface area contributed by atoms with Crippen LogP contribution in [-0.4, -0.2) is 52.1 Å². The number of hydrogen-bond acceptors (Lipinski definition) is 4. The minimum atomic E-state index is 0.0705. The third-order valence-electron chi connectivity index (χ3n) is 3.62. The van der Waals surface area contributed by atoms with E-state index in [1.807, 2.05) is 23.5 Å². The SMILES string of the molecule is CCCCC1NC(C)N(CC2CSCCS2)C1=O. The van der Waals surface area contributed by atoms with E-state index in [0.717, 1.165) is 25.8 Å². The molecule has 1 amide bonds. The Morgan fingerprint density at radius 2 is 2.28 bits per heavy atom. The van der Waals surface area contributed by atoms with Crippen LogP contribution >= 0.6 is 23.5 Å². The first-order chi connectivity index (χ1) is 8.72. The lowest BCUT2D eigenvalue weighted by atomic mass is 10.1. The fourth-order valence-corrected chi connectivity index (χ4v) is 5.23. The van der Waals surface area contributed by atoms with E-state index in [2.05, 4.69) is 24.1 Å². The van der Waals surface area contributed by atoms with Gasteiger partial charge in [-0.3, -0.25) is 10.1 Å². The first kappa shape index (κ1) is 14.5. The van der Waals surface area contributed by atoms with E-state index >= 15 is 0 Å². The minimum Gasteiger partial charge on any atom is -0.325 e. The lowest BCUT2D eigenvalue weighted by Crippen LogP contribution is -2.40. The van der Waals surface area contributed by atoms with E-state index in [4.69, 9.17) is 0 Å². The van der Waals surface area contributed by atoms with Gasteiger partial charge in [0.1, 0.15) is 0 Å². The summed E-state index contributed by atoms with van der Waals surface area (Å²) in [6.45, 7) is 5.22. The molecule has 2 rings (SSSR count). The number of carbonyl (C=O) groups excluding carboxylic acids is 1. The summed E-state index contributed by atoms with van der Waals surface area (Å²) >= 11 is 4.06. The summed E-state index contributed by atoms with van der Waals surface area (Å²) in [5.41, 5.74) is 0. The number of rotatable bonds is 5. The number of nitrogens with one attached hydrogen (secondary N) is 1. The standard InChI is InChI=1S/C13H24N2OS2/c1-3-4-5-12-13(16)15(10(2)14-12)8-11-9-17-6-7-18-11/h10-12,14H,3-9H2,1-2H3. The Balaban J connectivity index is 1.85. The maximum atomic E-state index is 12.3. The number of thioether (sulfide) groups is 2. The Morgan fingerprint density at radius 3 is 2.94 bits per heavy atom. The lowest BCUT2D eigenvalue weighted by molar-refractivity contribution is -0.129. The van der Waals surface area contributed by atoms with Gasteiger partial charge in [0.15, 0.2) is 0 Å². The summed E-state index contributed by atoms with van der Waals surface area (Å²) in [5.74, 6) is 4.02. The van der Waals surface area contributed by atoms with E-state index in [-0.39, 0.29) is 12.2 Å². The van der Waals surface area contributed by atoms with Gasteiger partial charge in [-0.25, -0.2) is 0 Å². The van der Waals surface area contributed by atoms with Crippen molar-refractivity contribution in [2.75, 3.05) is 23.8 Å².